The minimum Gasteiger partial charge on any atom is -0.496 e. The summed E-state index contributed by atoms with van der Waals surface area (Å²) in [6.07, 6.45) is 8.76. The van der Waals surface area contributed by atoms with Crippen molar-refractivity contribution in [1.82, 2.24) is 5.32 Å². The van der Waals surface area contributed by atoms with E-state index in [1.54, 1.807) is 7.11 Å². The number of fused-ring (bicyclic) bond motifs is 3. The van der Waals surface area contributed by atoms with Crippen LogP contribution in [-0.4, -0.2) is 19.6 Å². The molecule has 0 spiro atoms. The van der Waals surface area contributed by atoms with E-state index in [0.717, 1.165) is 57.4 Å². The zero-order valence-electron chi connectivity index (χ0n) is 20.9. The summed E-state index contributed by atoms with van der Waals surface area (Å²) in [6, 6.07) is 20.5. The highest BCUT2D eigenvalue weighted by Crippen LogP contribution is 2.61. The first-order valence-electron chi connectivity index (χ1n) is 13.5. The van der Waals surface area contributed by atoms with Gasteiger partial charge in [0.1, 0.15) is 16.9 Å². The maximum atomic E-state index is 13.2. The summed E-state index contributed by atoms with van der Waals surface area (Å²) in [5, 5.41) is 5.42. The van der Waals surface area contributed by atoms with Crippen LogP contribution in [0.25, 0.3) is 21.9 Å². The number of carbonyl (C=O) groups is 1. The Labute approximate surface area is 212 Å². The van der Waals surface area contributed by atoms with Crippen molar-refractivity contribution in [1.29, 1.82) is 0 Å². The molecule has 1 N–H and O–H groups in total. The highest BCUT2D eigenvalue weighted by atomic mass is 16.5. The Morgan fingerprint density at radius 2 is 1.64 bits per heavy atom. The second kappa shape index (κ2) is 8.40. The Kier molecular flexibility index (Phi) is 5.13. The smallest absolute Gasteiger partial charge is 0.251 e. The first kappa shape index (κ1) is 22.0. The molecule has 0 saturated heterocycles. The van der Waals surface area contributed by atoms with Crippen LogP contribution in [-0.2, 0) is 11.8 Å². The number of ether oxygens (including phenoxy) is 1. The predicted molar refractivity (Wildman–Crippen MR) is 143 cm³/mol. The fourth-order valence-corrected chi connectivity index (χ4v) is 8.06. The van der Waals surface area contributed by atoms with E-state index < -0.39 is 0 Å². The Balaban J connectivity index is 1.08. The average Bonchev–Trinajstić information content (AvgIpc) is 3.25. The number of benzene rings is 3. The van der Waals surface area contributed by atoms with E-state index in [4.69, 9.17) is 9.15 Å². The summed E-state index contributed by atoms with van der Waals surface area (Å²) in [7, 11) is 1.76. The third-order valence-electron chi connectivity index (χ3n) is 9.21. The molecule has 4 bridgehead atoms. The zero-order chi connectivity index (χ0) is 24.3. The van der Waals surface area contributed by atoms with Gasteiger partial charge in [0.25, 0.3) is 5.91 Å². The Morgan fingerprint density at radius 1 is 0.917 bits per heavy atom. The summed E-state index contributed by atoms with van der Waals surface area (Å²) < 4.78 is 11.8. The number of rotatable bonds is 6. The van der Waals surface area contributed by atoms with Gasteiger partial charge in [-0.1, -0.05) is 24.3 Å². The summed E-state index contributed by atoms with van der Waals surface area (Å²) in [4.78, 5) is 13.2. The molecule has 3 aromatic carbocycles. The molecule has 4 aliphatic carbocycles. The van der Waals surface area contributed by atoms with E-state index in [1.807, 2.05) is 36.4 Å². The maximum absolute atomic E-state index is 13.2. The molecule has 4 aromatic rings. The number of nitrogens with one attached hydrogen (secondary N) is 1. The molecule has 0 atom stereocenters. The zero-order valence-corrected chi connectivity index (χ0v) is 20.9. The van der Waals surface area contributed by atoms with Crippen molar-refractivity contribution in [3.63, 3.8) is 0 Å². The van der Waals surface area contributed by atoms with Crippen LogP contribution in [0.3, 0.4) is 0 Å². The Bertz CT molecular complexity index is 1430. The third-order valence-corrected chi connectivity index (χ3v) is 9.21. The molecule has 8 rings (SSSR count). The van der Waals surface area contributed by atoms with Crippen molar-refractivity contribution in [2.75, 3.05) is 13.7 Å². The molecule has 1 aromatic heterocycles. The van der Waals surface area contributed by atoms with Gasteiger partial charge in [-0.2, -0.15) is 0 Å². The van der Waals surface area contributed by atoms with Gasteiger partial charge in [0.2, 0.25) is 0 Å². The van der Waals surface area contributed by atoms with E-state index in [0.29, 0.717) is 6.54 Å². The molecule has 0 radical (unpaired) electrons. The molecule has 184 valence electrons. The monoisotopic (exact) mass is 479 g/mol. The van der Waals surface area contributed by atoms with E-state index >= 15 is 0 Å². The van der Waals surface area contributed by atoms with Gasteiger partial charge in [0, 0.05) is 28.4 Å². The molecule has 36 heavy (non-hydrogen) atoms. The maximum Gasteiger partial charge on any atom is 0.251 e. The van der Waals surface area contributed by atoms with Crippen LogP contribution in [0.4, 0.5) is 0 Å². The van der Waals surface area contributed by atoms with Gasteiger partial charge in [-0.25, -0.2) is 0 Å². The summed E-state index contributed by atoms with van der Waals surface area (Å²) in [5.41, 5.74) is 5.22. The van der Waals surface area contributed by atoms with Crippen molar-refractivity contribution >= 4 is 27.8 Å². The number of hydrogen-bond acceptors (Lipinski definition) is 3. The first-order valence-corrected chi connectivity index (χ1v) is 13.5. The van der Waals surface area contributed by atoms with Crippen molar-refractivity contribution in [3.05, 3.63) is 77.4 Å². The quantitative estimate of drug-likeness (QED) is 0.323. The van der Waals surface area contributed by atoms with E-state index in [-0.39, 0.29) is 11.3 Å². The van der Waals surface area contributed by atoms with Gasteiger partial charge < -0.3 is 14.5 Å². The molecule has 0 unspecified atom stereocenters. The number of hydrogen-bond donors (Lipinski definition) is 1. The Morgan fingerprint density at radius 3 is 2.39 bits per heavy atom. The lowest BCUT2D eigenvalue weighted by Crippen LogP contribution is -2.48. The lowest BCUT2D eigenvalue weighted by Gasteiger charge is -2.57. The van der Waals surface area contributed by atoms with Crippen LogP contribution < -0.4 is 10.1 Å². The third kappa shape index (κ3) is 3.61. The van der Waals surface area contributed by atoms with E-state index in [9.17, 15) is 4.79 Å². The summed E-state index contributed by atoms with van der Waals surface area (Å²) in [6.45, 7) is 0.596. The molecule has 4 heteroatoms. The van der Waals surface area contributed by atoms with Crippen LogP contribution in [0.2, 0.25) is 0 Å². The SMILES string of the molecule is COc1ccc(C(=O)NCCc2ccc3oc4ccccc4c3c2)cc1C12CC3CC(CC(C3)C1)C2. The molecular formula is C32H33NO3. The van der Waals surface area contributed by atoms with Crippen molar-refractivity contribution in [2.45, 2.75) is 50.4 Å². The summed E-state index contributed by atoms with van der Waals surface area (Å²) in [5.74, 6) is 3.50. The van der Waals surface area contributed by atoms with Crippen LogP contribution in [0.1, 0.15) is 60.0 Å². The van der Waals surface area contributed by atoms with E-state index in [1.165, 1.54) is 49.7 Å². The molecule has 1 heterocycles. The minimum atomic E-state index is -0.00142. The van der Waals surface area contributed by atoms with E-state index in [2.05, 4.69) is 29.6 Å². The molecule has 1 amide bonds. The summed E-state index contributed by atoms with van der Waals surface area (Å²) >= 11 is 0. The molecule has 0 aliphatic heterocycles. The van der Waals surface area contributed by atoms with Crippen molar-refractivity contribution < 1.29 is 13.9 Å². The van der Waals surface area contributed by atoms with Crippen LogP contribution >= 0.6 is 0 Å². The largest absolute Gasteiger partial charge is 0.496 e. The second-order valence-electron chi connectivity index (χ2n) is 11.5. The molecule has 4 saturated carbocycles. The van der Waals surface area contributed by atoms with Crippen molar-refractivity contribution in [3.8, 4) is 5.75 Å². The molecule has 4 fully saturated rings. The highest BCUT2D eigenvalue weighted by molar-refractivity contribution is 6.05. The number of carbonyl (C=O) groups excluding carboxylic acids is 1. The number of methoxy groups -OCH3 is 1. The second-order valence-corrected chi connectivity index (χ2v) is 11.5. The lowest BCUT2D eigenvalue weighted by molar-refractivity contribution is -0.00617. The highest BCUT2D eigenvalue weighted by Gasteiger charge is 2.52. The molecule has 4 aliphatic rings. The fraction of sp³-hybridized carbons (Fsp3) is 0.406. The molecular weight excluding hydrogens is 446 g/mol. The van der Waals surface area contributed by atoms with Crippen LogP contribution in [0, 0.1) is 17.8 Å². The van der Waals surface area contributed by atoms with Crippen LogP contribution in [0.5, 0.6) is 5.75 Å². The van der Waals surface area contributed by atoms with Crippen molar-refractivity contribution in [2.24, 2.45) is 17.8 Å². The van der Waals surface area contributed by atoms with Gasteiger partial charge in [-0.05, 0) is 110 Å². The first-order chi connectivity index (χ1) is 17.6. The van der Waals surface area contributed by atoms with Crippen LogP contribution in [0.15, 0.2) is 65.1 Å². The van der Waals surface area contributed by atoms with Gasteiger partial charge in [-0.3, -0.25) is 4.79 Å². The number of amides is 1. The van der Waals surface area contributed by atoms with Gasteiger partial charge >= 0.3 is 0 Å². The van der Waals surface area contributed by atoms with Gasteiger partial charge in [0.15, 0.2) is 0 Å². The fourth-order valence-electron chi connectivity index (χ4n) is 8.06. The predicted octanol–water partition coefficient (Wildman–Crippen LogP) is 7.03. The topological polar surface area (TPSA) is 51.5 Å². The molecule has 4 nitrogen and oxygen atoms in total. The number of furan rings is 1. The number of para-hydroxylation sites is 1. The lowest BCUT2D eigenvalue weighted by atomic mass is 9.48. The average molecular weight is 480 g/mol. The normalized spacial score (nSPS) is 26.5. The Hall–Kier alpha value is -3.27. The standard InChI is InChI=1S/C32H33NO3/c1-35-30-9-7-24(16-27(30)32-17-21-12-22(18-32)14-23(13-21)19-32)31(34)33-11-10-20-6-8-29-26(15-20)25-4-2-3-5-28(25)36-29/h2-9,15-16,21-23H,10-14,17-19H2,1H3,(H,33,34). The minimum absolute atomic E-state index is 0.00142. The van der Waals surface area contributed by atoms with Gasteiger partial charge in [0.05, 0.1) is 7.11 Å². The van der Waals surface area contributed by atoms with Gasteiger partial charge in [-0.15, -0.1) is 0 Å².